The Hall–Kier alpha value is -2.63. The number of halogens is 1. The van der Waals surface area contributed by atoms with E-state index in [1.165, 1.54) is 4.90 Å². The van der Waals surface area contributed by atoms with Gasteiger partial charge in [0.05, 0.1) is 11.6 Å². The van der Waals surface area contributed by atoms with Crippen LogP contribution in [-0.4, -0.2) is 42.0 Å². The van der Waals surface area contributed by atoms with E-state index in [9.17, 15) is 14.7 Å². The predicted molar refractivity (Wildman–Crippen MR) is 122 cm³/mol. The summed E-state index contributed by atoms with van der Waals surface area (Å²) in [6.07, 6.45) is 0.584. The van der Waals surface area contributed by atoms with Crippen LogP contribution in [0.4, 0.5) is 0 Å². The fourth-order valence-corrected chi connectivity index (χ4v) is 3.89. The van der Waals surface area contributed by atoms with Gasteiger partial charge < -0.3 is 14.7 Å². The number of Topliss-reactive ketones (excluding diaryl/α,β-unsaturated/α-hetero) is 1. The molecule has 1 saturated heterocycles. The maximum absolute atomic E-state index is 13.0. The van der Waals surface area contributed by atoms with Gasteiger partial charge >= 0.3 is 0 Å². The van der Waals surface area contributed by atoms with E-state index in [-0.39, 0.29) is 16.7 Å². The number of hydrogen-bond acceptors (Lipinski definition) is 4. The molecule has 1 aliphatic heterocycles. The van der Waals surface area contributed by atoms with Crippen molar-refractivity contribution in [2.24, 2.45) is 0 Å². The van der Waals surface area contributed by atoms with Crippen LogP contribution in [0.1, 0.15) is 49.9 Å². The van der Waals surface area contributed by atoms with Crippen molar-refractivity contribution in [3.63, 3.8) is 0 Å². The van der Waals surface area contributed by atoms with E-state index in [2.05, 4.69) is 20.8 Å². The van der Waals surface area contributed by atoms with Crippen molar-refractivity contribution in [3.05, 3.63) is 75.8 Å². The number of ether oxygens (including phenoxy) is 1. The molecule has 2 aromatic rings. The number of carbonyl (C=O) groups excluding carboxylic acids is 2. The first-order valence-electron chi connectivity index (χ1n) is 10.3. The fraction of sp³-hybridized carbons (Fsp3) is 0.360. The van der Waals surface area contributed by atoms with Gasteiger partial charge in [0.1, 0.15) is 5.76 Å². The zero-order chi connectivity index (χ0) is 22.8. The number of ketones is 1. The Labute approximate surface area is 188 Å². The van der Waals surface area contributed by atoms with Gasteiger partial charge in [-0.1, -0.05) is 56.6 Å². The first kappa shape index (κ1) is 23.0. The molecule has 0 saturated carbocycles. The van der Waals surface area contributed by atoms with Crippen molar-refractivity contribution in [1.82, 2.24) is 4.90 Å². The summed E-state index contributed by atoms with van der Waals surface area (Å²) in [5.74, 6) is -1.50. The average Bonchev–Trinajstić information content (AvgIpc) is 2.98. The minimum Gasteiger partial charge on any atom is -0.507 e. The lowest BCUT2D eigenvalue weighted by molar-refractivity contribution is -0.140. The largest absolute Gasteiger partial charge is 0.507 e. The highest BCUT2D eigenvalue weighted by molar-refractivity contribution is 6.46. The second-order valence-electron chi connectivity index (χ2n) is 8.72. The van der Waals surface area contributed by atoms with E-state index in [1.54, 1.807) is 31.4 Å². The topological polar surface area (TPSA) is 66.8 Å². The summed E-state index contributed by atoms with van der Waals surface area (Å²) in [6.45, 7) is 7.19. The first-order valence-corrected chi connectivity index (χ1v) is 10.7. The van der Waals surface area contributed by atoms with Gasteiger partial charge in [0, 0.05) is 30.8 Å². The number of methoxy groups -OCH3 is 1. The molecule has 0 aromatic heterocycles. The third-order valence-electron chi connectivity index (χ3n) is 5.50. The molecular weight excluding hydrogens is 414 g/mol. The number of rotatable bonds is 6. The smallest absolute Gasteiger partial charge is 0.295 e. The Bertz CT molecular complexity index is 988. The molecule has 164 valence electrons. The molecule has 2 aromatic carbocycles. The molecule has 1 aliphatic rings. The van der Waals surface area contributed by atoms with Crippen molar-refractivity contribution < 1.29 is 19.4 Å². The summed E-state index contributed by atoms with van der Waals surface area (Å²) in [7, 11) is 1.59. The molecule has 1 N–H and O–H groups in total. The molecule has 1 heterocycles. The lowest BCUT2D eigenvalue weighted by atomic mass is 9.85. The van der Waals surface area contributed by atoms with Crippen molar-refractivity contribution in [3.8, 4) is 0 Å². The molecular formula is C25H28ClNO4. The van der Waals surface area contributed by atoms with Crippen LogP contribution in [0.5, 0.6) is 0 Å². The molecule has 3 rings (SSSR count). The van der Waals surface area contributed by atoms with E-state index < -0.39 is 17.7 Å². The van der Waals surface area contributed by atoms with E-state index in [0.29, 0.717) is 30.2 Å². The van der Waals surface area contributed by atoms with Crippen molar-refractivity contribution in [1.29, 1.82) is 0 Å². The molecule has 0 radical (unpaired) electrons. The molecule has 0 spiro atoms. The Morgan fingerprint density at radius 1 is 1.06 bits per heavy atom. The number of aliphatic hydroxyl groups is 1. The molecule has 1 amide bonds. The number of nitrogens with zero attached hydrogens (tertiary/aromatic N) is 1. The van der Waals surface area contributed by atoms with Gasteiger partial charge in [-0.15, -0.1) is 0 Å². The van der Waals surface area contributed by atoms with Gasteiger partial charge in [-0.05, 0) is 47.2 Å². The molecule has 1 fully saturated rings. The quantitative estimate of drug-likeness (QED) is 0.293. The number of amides is 1. The van der Waals surface area contributed by atoms with Crippen molar-refractivity contribution >= 4 is 29.1 Å². The van der Waals surface area contributed by atoms with Crippen molar-refractivity contribution in [2.75, 3.05) is 20.3 Å². The normalized spacial score (nSPS) is 18.6. The highest BCUT2D eigenvalue weighted by Gasteiger charge is 2.45. The number of likely N-dealkylation sites (tertiary alicyclic amines) is 1. The summed E-state index contributed by atoms with van der Waals surface area (Å²) in [6, 6.07) is 13.7. The first-order chi connectivity index (χ1) is 14.6. The monoisotopic (exact) mass is 441 g/mol. The average molecular weight is 442 g/mol. The minimum atomic E-state index is -0.685. The SMILES string of the molecule is COCCCN1C(=O)C(=O)/C(=C(/O)c2ccc(Cl)cc2)[C@H]1c1ccc(C(C)(C)C)cc1. The maximum atomic E-state index is 13.0. The van der Waals surface area contributed by atoms with E-state index in [4.69, 9.17) is 16.3 Å². The Kier molecular flexibility index (Phi) is 6.87. The second kappa shape index (κ2) is 9.25. The summed E-state index contributed by atoms with van der Waals surface area (Å²) >= 11 is 5.96. The molecule has 0 unspecified atom stereocenters. The van der Waals surface area contributed by atoms with Crippen LogP contribution in [0.15, 0.2) is 54.1 Å². The highest BCUT2D eigenvalue weighted by Crippen LogP contribution is 2.40. The molecule has 0 bridgehead atoms. The number of hydrogen-bond donors (Lipinski definition) is 1. The lowest BCUT2D eigenvalue weighted by Gasteiger charge is -2.26. The van der Waals surface area contributed by atoms with Gasteiger partial charge in [0.2, 0.25) is 0 Å². The van der Waals surface area contributed by atoms with Crippen LogP contribution >= 0.6 is 11.6 Å². The zero-order valence-corrected chi connectivity index (χ0v) is 19.1. The van der Waals surface area contributed by atoms with Gasteiger partial charge in [-0.25, -0.2) is 0 Å². The summed E-state index contributed by atoms with van der Waals surface area (Å²) < 4.78 is 5.12. The van der Waals surface area contributed by atoms with Crippen LogP contribution in [0.2, 0.25) is 5.02 Å². The van der Waals surface area contributed by atoms with Crippen LogP contribution in [0.3, 0.4) is 0 Å². The molecule has 6 heteroatoms. The van der Waals surface area contributed by atoms with Crippen LogP contribution < -0.4 is 0 Å². The molecule has 0 aliphatic carbocycles. The van der Waals surface area contributed by atoms with Gasteiger partial charge in [0.15, 0.2) is 0 Å². The maximum Gasteiger partial charge on any atom is 0.295 e. The van der Waals surface area contributed by atoms with E-state index in [1.807, 2.05) is 24.3 Å². The Morgan fingerprint density at radius 3 is 2.23 bits per heavy atom. The Morgan fingerprint density at radius 2 is 1.68 bits per heavy atom. The minimum absolute atomic E-state index is 0.0257. The molecule has 5 nitrogen and oxygen atoms in total. The van der Waals surface area contributed by atoms with Crippen LogP contribution in [-0.2, 0) is 19.7 Å². The Balaban J connectivity index is 2.11. The number of benzene rings is 2. The summed E-state index contributed by atoms with van der Waals surface area (Å²) in [5, 5.41) is 11.5. The van der Waals surface area contributed by atoms with Gasteiger partial charge in [-0.2, -0.15) is 0 Å². The highest BCUT2D eigenvalue weighted by atomic mass is 35.5. The number of carbonyl (C=O) groups is 2. The molecule has 1 atom stereocenters. The predicted octanol–water partition coefficient (Wildman–Crippen LogP) is 5.10. The fourth-order valence-electron chi connectivity index (χ4n) is 3.77. The summed E-state index contributed by atoms with van der Waals surface area (Å²) in [4.78, 5) is 27.4. The third-order valence-corrected chi connectivity index (χ3v) is 5.75. The van der Waals surface area contributed by atoms with E-state index in [0.717, 1.165) is 11.1 Å². The van der Waals surface area contributed by atoms with Gasteiger partial charge in [0.25, 0.3) is 11.7 Å². The van der Waals surface area contributed by atoms with Crippen molar-refractivity contribution in [2.45, 2.75) is 38.6 Å². The standard InChI is InChI=1S/C25H28ClNO4/c1-25(2,3)18-10-6-16(7-11-18)21-20(22(28)17-8-12-19(26)13-9-17)23(29)24(30)27(21)14-5-15-31-4/h6-13,21,28H,5,14-15H2,1-4H3/b22-20+/t21-/m1/s1. The van der Waals surface area contributed by atoms with Crippen LogP contribution in [0, 0.1) is 0 Å². The second-order valence-corrected chi connectivity index (χ2v) is 9.15. The summed E-state index contributed by atoms with van der Waals surface area (Å²) in [5.41, 5.74) is 2.43. The van der Waals surface area contributed by atoms with Gasteiger partial charge in [-0.3, -0.25) is 9.59 Å². The third kappa shape index (κ3) is 4.83. The number of aliphatic hydroxyl groups excluding tert-OH is 1. The molecule has 31 heavy (non-hydrogen) atoms. The van der Waals surface area contributed by atoms with Crippen LogP contribution in [0.25, 0.3) is 5.76 Å². The van der Waals surface area contributed by atoms with E-state index >= 15 is 0 Å². The zero-order valence-electron chi connectivity index (χ0n) is 18.3. The lowest BCUT2D eigenvalue weighted by Crippen LogP contribution is -2.31.